The zero-order valence-corrected chi connectivity index (χ0v) is 14.9. The van der Waals surface area contributed by atoms with Gasteiger partial charge < -0.3 is 15.6 Å². The Kier molecular flexibility index (Phi) is 16.2. The first-order valence-electron chi connectivity index (χ1n) is 6.96. The maximum Gasteiger partial charge on any atom is 0.333 e. The highest BCUT2D eigenvalue weighted by Crippen LogP contribution is 1.97. The predicted octanol–water partition coefficient (Wildman–Crippen LogP) is 2.85. The summed E-state index contributed by atoms with van der Waals surface area (Å²) in [5.74, 6) is -1.22. The van der Waals surface area contributed by atoms with Gasteiger partial charge in [0, 0.05) is 17.2 Å². The molecule has 3 N–H and O–H groups in total. The number of hydrogen-bond donors (Lipinski definition) is 2. The number of carbonyl (C=O) groups is 3. The Morgan fingerprint density at radius 2 is 1.48 bits per heavy atom. The van der Waals surface area contributed by atoms with E-state index in [1.165, 1.54) is 13.0 Å². The van der Waals surface area contributed by atoms with Gasteiger partial charge in [-0.25, -0.2) is 9.59 Å². The number of primary amides is 1. The third-order valence-electron chi connectivity index (χ3n) is 1.69. The van der Waals surface area contributed by atoms with Gasteiger partial charge in [0.15, 0.2) is 0 Å². The van der Waals surface area contributed by atoms with E-state index in [4.69, 9.17) is 15.6 Å². The standard InChI is InChI=1S/C8H14O2.C5H9NO.C4H6O2/c1-6(2)5-10-8(9)7(3)4;1-4(2)3-5(6)7;1-3(2)4(5)6/h6H,3,5H2,1-2,4H3;3H,1-2H3,(H2,6,7);1H2,2H3,(H,5,6). The van der Waals surface area contributed by atoms with E-state index in [2.05, 4.69) is 13.2 Å². The molecule has 0 saturated carbocycles. The molecule has 0 rings (SSSR count). The average molecular weight is 327 g/mol. The summed E-state index contributed by atoms with van der Waals surface area (Å²) in [6.45, 7) is 17.8. The Morgan fingerprint density at radius 1 is 1.09 bits per heavy atom. The van der Waals surface area contributed by atoms with E-state index in [9.17, 15) is 14.4 Å². The Morgan fingerprint density at radius 3 is 1.61 bits per heavy atom. The third kappa shape index (κ3) is 28.5. The average Bonchev–Trinajstić information content (AvgIpc) is 2.35. The molecule has 0 radical (unpaired) electrons. The minimum Gasteiger partial charge on any atom is -0.478 e. The zero-order valence-electron chi connectivity index (χ0n) is 14.9. The maximum atomic E-state index is 10.7. The highest BCUT2D eigenvalue weighted by atomic mass is 16.5. The van der Waals surface area contributed by atoms with Crippen LogP contribution in [0.1, 0.15) is 41.5 Å². The molecule has 0 aromatic heterocycles. The number of allylic oxidation sites excluding steroid dienone is 1. The molecular weight excluding hydrogens is 298 g/mol. The molecule has 6 heteroatoms. The van der Waals surface area contributed by atoms with Crippen LogP contribution in [-0.4, -0.2) is 29.6 Å². The first kappa shape index (κ1) is 25.6. The molecule has 1 amide bonds. The molecule has 132 valence electrons. The summed E-state index contributed by atoms with van der Waals surface area (Å²) < 4.78 is 4.83. The van der Waals surface area contributed by atoms with Crippen LogP contribution in [0, 0.1) is 5.92 Å². The van der Waals surface area contributed by atoms with E-state index in [-0.39, 0.29) is 17.4 Å². The summed E-state index contributed by atoms with van der Waals surface area (Å²) in [7, 11) is 0. The number of carbonyl (C=O) groups excluding carboxylic acids is 2. The van der Waals surface area contributed by atoms with Crippen LogP contribution in [0.25, 0.3) is 0 Å². The van der Waals surface area contributed by atoms with Crippen molar-refractivity contribution in [1.82, 2.24) is 0 Å². The number of carboxylic acids is 1. The topological polar surface area (TPSA) is 107 Å². The Bertz CT molecular complexity index is 446. The van der Waals surface area contributed by atoms with Gasteiger partial charge in [-0.15, -0.1) is 0 Å². The Hall–Kier alpha value is -2.37. The summed E-state index contributed by atoms with van der Waals surface area (Å²) in [6, 6.07) is 0. The largest absolute Gasteiger partial charge is 0.478 e. The molecule has 0 aliphatic carbocycles. The highest BCUT2D eigenvalue weighted by molar-refractivity contribution is 5.87. The minimum absolute atomic E-state index is 0.176. The molecule has 0 saturated heterocycles. The number of rotatable bonds is 5. The van der Waals surface area contributed by atoms with E-state index < -0.39 is 5.97 Å². The monoisotopic (exact) mass is 327 g/mol. The normalized spacial score (nSPS) is 8.48. The van der Waals surface area contributed by atoms with Gasteiger partial charge in [-0.3, -0.25) is 4.79 Å². The van der Waals surface area contributed by atoms with E-state index in [1.807, 2.05) is 27.7 Å². The third-order valence-corrected chi connectivity index (χ3v) is 1.69. The lowest BCUT2D eigenvalue weighted by Crippen LogP contribution is -2.09. The molecule has 0 heterocycles. The van der Waals surface area contributed by atoms with Gasteiger partial charge in [0.05, 0.1) is 6.61 Å². The summed E-state index contributed by atoms with van der Waals surface area (Å²) in [5.41, 5.74) is 6.35. The molecule has 0 unspecified atom stereocenters. The number of aliphatic carboxylic acids is 1. The van der Waals surface area contributed by atoms with Crippen LogP contribution in [-0.2, 0) is 19.1 Å². The van der Waals surface area contributed by atoms with Gasteiger partial charge in [-0.2, -0.15) is 0 Å². The molecular formula is C17H29NO5. The van der Waals surface area contributed by atoms with E-state index in [1.54, 1.807) is 6.92 Å². The van der Waals surface area contributed by atoms with Crippen molar-refractivity contribution in [1.29, 1.82) is 0 Å². The van der Waals surface area contributed by atoms with Gasteiger partial charge in [-0.1, -0.05) is 32.6 Å². The van der Waals surface area contributed by atoms with Crippen LogP contribution >= 0.6 is 0 Å². The maximum absolute atomic E-state index is 10.7. The van der Waals surface area contributed by atoms with Gasteiger partial charge in [-0.05, 0) is 33.6 Å². The second kappa shape index (κ2) is 14.6. The number of nitrogens with two attached hydrogens (primary N) is 1. The highest BCUT2D eigenvalue weighted by Gasteiger charge is 2.03. The van der Waals surface area contributed by atoms with E-state index >= 15 is 0 Å². The van der Waals surface area contributed by atoms with Crippen LogP contribution in [0.4, 0.5) is 0 Å². The molecule has 0 aromatic carbocycles. The summed E-state index contributed by atoms with van der Waals surface area (Å²) in [5, 5.41) is 7.89. The number of hydrogen-bond acceptors (Lipinski definition) is 4. The fourth-order valence-corrected chi connectivity index (χ4v) is 0.650. The molecule has 0 aromatic rings. The number of carboxylic acid groups (broad SMARTS) is 1. The Labute approximate surface area is 138 Å². The molecule has 0 bridgehead atoms. The van der Waals surface area contributed by atoms with Crippen molar-refractivity contribution in [3.8, 4) is 0 Å². The Balaban J connectivity index is -0.000000272. The van der Waals surface area contributed by atoms with Crippen molar-refractivity contribution in [3.63, 3.8) is 0 Å². The van der Waals surface area contributed by atoms with Crippen LogP contribution < -0.4 is 5.73 Å². The number of esters is 1. The summed E-state index contributed by atoms with van der Waals surface area (Å²) in [4.78, 5) is 30.3. The van der Waals surface area contributed by atoms with Crippen LogP contribution in [0.3, 0.4) is 0 Å². The molecule has 6 nitrogen and oxygen atoms in total. The predicted molar refractivity (Wildman–Crippen MR) is 91.7 cm³/mol. The molecule has 0 aliphatic heterocycles. The number of amides is 1. The lowest BCUT2D eigenvalue weighted by molar-refractivity contribution is -0.140. The van der Waals surface area contributed by atoms with Crippen molar-refractivity contribution in [2.75, 3.05) is 6.61 Å². The fraction of sp³-hybridized carbons (Fsp3) is 0.471. The second-order valence-corrected chi connectivity index (χ2v) is 5.48. The van der Waals surface area contributed by atoms with Crippen molar-refractivity contribution in [2.24, 2.45) is 11.7 Å². The van der Waals surface area contributed by atoms with Crippen molar-refractivity contribution < 1.29 is 24.2 Å². The molecule has 0 fully saturated rings. The molecule has 23 heavy (non-hydrogen) atoms. The van der Waals surface area contributed by atoms with E-state index in [0.717, 1.165) is 5.57 Å². The minimum atomic E-state index is -0.935. The van der Waals surface area contributed by atoms with Crippen molar-refractivity contribution >= 4 is 17.8 Å². The molecule has 0 atom stereocenters. The van der Waals surface area contributed by atoms with Gasteiger partial charge in [0.2, 0.25) is 5.91 Å². The van der Waals surface area contributed by atoms with Crippen molar-refractivity contribution in [2.45, 2.75) is 41.5 Å². The zero-order chi connectivity index (χ0) is 19.2. The van der Waals surface area contributed by atoms with Gasteiger partial charge in [0.25, 0.3) is 0 Å². The van der Waals surface area contributed by atoms with E-state index in [0.29, 0.717) is 18.1 Å². The summed E-state index contributed by atoms with van der Waals surface area (Å²) >= 11 is 0. The molecule has 0 spiro atoms. The van der Waals surface area contributed by atoms with Gasteiger partial charge in [0.1, 0.15) is 0 Å². The van der Waals surface area contributed by atoms with Crippen LogP contribution in [0.5, 0.6) is 0 Å². The lowest BCUT2D eigenvalue weighted by Gasteiger charge is -2.05. The van der Waals surface area contributed by atoms with Gasteiger partial charge >= 0.3 is 11.9 Å². The molecule has 0 aliphatic rings. The van der Waals surface area contributed by atoms with Crippen molar-refractivity contribution in [3.05, 3.63) is 36.0 Å². The lowest BCUT2D eigenvalue weighted by atomic mass is 10.2. The first-order chi connectivity index (χ1) is 10.3. The fourth-order valence-electron chi connectivity index (χ4n) is 0.650. The quantitative estimate of drug-likeness (QED) is 0.596. The second-order valence-electron chi connectivity index (χ2n) is 5.48. The first-order valence-corrected chi connectivity index (χ1v) is 6.96. The number of ether oxygens (including phenoxy) is 1. The van der Waals surface area contributed by atoms with Crippen LogP contribution in [0.15, 0.2) is 36.0 Å². The smallest absolute Gasteiger partial charge is 0.333 e. The SMILES string of the molecule is C=C(C)C(=O)O.C=C(C)C(=O)OCC(C)C.CC(C)=CC(N)=O. The van der Waals surface area contributed by atoms with Crippen LogP contribution in [0.2, 0.25) is 0 Å². The summed E-state index contributed by atoms with van der Waals surface area (Å²) in [6.07, 6.45) is 1.39.